The van der Waals surface area contributed by atoms with Crippen LogP contribution in [-0.4, -0.2) is 37.2 Å². The molecule has 1 N–H and O–H groups in total. The van der Waals surface area contributed by atoms with Crippen LogP contribution in [0, 0.1) is 5.92 Å². The molecule has 88 valence electrons. The van der Waals surface area contributed by atoms with Crippen LogP contribution < -0.4 is 10.2 Å². The highest BCUT2D eigenvalue weighted by Crippen LogP contribution is 2.16. The summed E-state index contributed by atoms with van der Waals surface area (Å²) >= 11 is 0. The van der Waals surface area contributed by atoms with Crippen molar-refractivity contribution in [3.8, 4) is 0 Å². The lowest BCUT2D eigenvalue weighted by Gasteiger charge is -2.22. The van der Waals surface area contributed by atoms with Gasteiger partial charge in [0.1, 0.15) is 12.1 Å². The van der Waals surface area contributed by atoms with E-state index in [9.17, 15) is 0 Å². The van der Waals surface area contributed by atoms with Crippen molar-refractivity contribution in [2.45, 2.75) is 19.3 Å². The van der Waals surface area contributed by atoms with E-state index < -0.39 is 0 Å². The van der Waals surface area contributed by atoms with Crippen molar-refractivity contribution >= 4 is 5.82 Å². The molecule has 1 atom stereocenters. The van der Waals surface area contributed by atoms with Gasteiger partial charge < -0.3 is 10.2 Å². The van der Waals surface area contributed by atoms with E-state index >= 15 is 0 Å². The predicted molar refractivity (Wildman–Crippen MR) is 65.7 cm³/mol. The maximum atomic E-state index is 4.35. The zero-order valence-electron chi connectivity index (χ0n) is 10.1. The van der Waals surface area contributed by atoms with Gasteiger partial charge in [-0.05, 0) is 38.3 Å². The van der Waals surface area contributed by atoms with Crippen molar-refractivity contribution in [3.63, 3.8) is 0 Å². The lowest BCUT2D eigenvalue weighted by molar-refractivity contribution is 0.373. The first-order valence-corrected chi connectivity index (χ1v) is 5.94. The average Bonchev–Trinajstić information content (AvgIpc) is 2.30. The van der Waals surface area contributed by atoms with Crippen LogP contribution in [0.25, 0.3) is 0 Å². The van der Waals surface area contributed by atoms with Crippen LogP contribution in [0.2, 0.25) is 0 Å². The van der Waals surface area contributed by atoms with Gasteiger partial charge in [-0.25, -0.2) is 9.97 Å². The van der Waals surface area contributed by atoms with E-state index in [0.29, 0.717) is 0 Å². The Morgan fingerprint density at radius 3 is 3.00 bits per heavy atom. The van der Waals surface area contributed by atoms with Gasteiger partial charge in [0.25, 0.3) is 0 Å². The molecule has 1 aliphatic heterocycles. The van der Waals surface area contributed by atoms with E-state index in [1.54, 1.807) is 6.33 Å². The largest absolute Gasteiger partial charge is 0.363 e. The number of hydrogen-bond donors (Lipinski definition) is 1. The van der Waals surface area contributed by atoms with E-state index in [2.05, 4.69) is 21.4 Å². The molecule has 1 aromatic heterocycles. The first-order chi connectivity index (χ1) is 7.75. The summed E-state index contributed by atoms with van der Waals surface area (Å²) < 4.78 is 0. The molecule has 2 heterocycles. The fraction of sp³-hybridized carbons (Fsp3) is 0.667. The first-order valence-electron chi connectivity index (χ1n) is 5.94. The molecule has 0 radical (unpaired) electrons. The number of piperidine rings is 1. The number of rotatable bonds is 3. The van der Waals surface area contributed by atoms with Gasteiger partial charge in [-0.15, -0.1) is 0 Å². The van der Waals surface area contributed by atoms with Crippen LogP contribution in [0.4, 0.5) is 5.82 Å². The second-order valence-electron chi connectivity index (χ2n) is 4.68. The minimum Gasteiger partial charge on any atom is -0.363 e. The van der Waals surface area contributed by atoms with Gasteiger partial charge in [0.2, 0.25) is 0 Å². The minimum atomic E-state index is 0.735. The molecule has 1 aliphatic rings. The molecule has 1 unspecified atom stereocenters. The van der Waals surface area contributed by atoms with Gasteiger partial charge in [0.05, 0.1) is 0 Å². The van der Waals surface area contributed by atoms with Crippen LogP contribution in [-0.2, 0) is 6.42 Å². The van der Waals surface area contributed by atoms with Crippen molar-refractivity contribution in [3.05, 3.63) is 18.1 Å². The third-order valence-corrected chi connectivity index (χ3v) is 3.06. The molecule has 0 spiro atoms. The second kappa shape index (κ2) is 5.25. The smallest absolute Gasteiger partial charge is 0.131 e. The summed E-state index contributed by atoms with van der Waals surface area (Å²) in [6.07, 6.45) is 5.34. The maximum Gasteiger partial charge on any atom is 0.131 e. The molecule has 0 saturated carbocycles. The summed E-state index contributed by atoms with van der Waals surface area (Å²) in [5.74, 6) is 1.73. The van der Waals surface area contributed by atoms with Gasteiger partial charge >= 0.3 is 0 Å². The highest BCUT2D eigenvalue weighted by atomic mass is 15.1. The molecule has 0 aliphatic carbocycles. The molecular weight excluding hydrogens is 200 g/mol. The molecule has 1 aromatic rings. The topological polar surface area (TPSA) is 41.0 Å². The summed E-state index contributed by atoms with van der Waals surface area (Å²) in [6.45, 7) is 2.30. The van der Waals surface area contributed by atoms with Gasteiger partial charge in [-0.2, -0.15) is 0 Å². The van der Waals surface area contributed by atoms with Crippen molar-refractivity contribution in [1.82, 2.24) is 15.3 Å². The molecule has 0 aromatic carbocycles. The predicted octanol–water partition coefficient (Wildman–Crippen LogP) is 1.08. The summed E-state index contributed by atoms with van der Waals surface area (Å²) in [5, 5.41) is 3.44. The van der Waals surface area contributed by atoms with Crippen molar-refractivity contribution in [1.29, 1.82) is 0 Å². The van der Waals surface area contributed by atoms with Crippen molar-refractivity contribution < 1.29 is 0 Å². The fourth-order valence-corrected chi connectivity index (χ4v) is 2.14. The zero-order valence-corrected chi connectivity index (χ0v) is 10.1. The monoisotopic (exact) mass is 220 g/mol. The van der Waals surface area contributed by atoms with Crippen LogP contribution >= 0.6 is 0 Å². The van der Waals surface area contributed by atoms with Crippen molar-refractivity contribution in [2.75, 3.05) is 32.1 Å². The third-order valence-electron chi connectivity index (χ3n) is 3.06. The zero-order chi connectivity index (χ0) is 11.4. The van der Waals surface area contributed by atoms with Crippen LogP contribution in [0.5, 0.6) is 0 Å². The Bertz CT molecular complexity index is 332. The van der Waals surface area contributed by atoms with Crippen molar-refractivity contribution in [2.24, 2.45) is 5.92 Å². The number of nitrogens with one attached hydrogen (secondary N) is 1. The standard InChI is InChI=1S/C12H20N4/c1-16(2)12-7-11(14-9-15-12)6-10-4-3-5-13-8-10/h7,9-10,13H,3-6,8H2,1-2H3. The second-order valence-corrected chi connectivity index (χ2v) is 4.68. The number of anilines is 1. The molecule has 1 fully saturated rings. The van der Waals surface area contributed by atoms with Gasteiger partial charge in [-0.3, -0.25) is 0 Å². The quantitative estimate of drug-likeness (QED) is 0.827. The molecule has 16 heavy (non-hydrogen) atoms. The summed E-state index contributed by atoms with van der Waals surface area (Å²) in [7, 11) is 4.02. The molecule has 4 heteroatoms. The molecule has 4 nitrogen and oxygen atoms in total. The first kappa shape index (κ1) is 11.3. The highest BCUT2D eigenvalue weighted by Gasteiger charge is 2.14. The van der Waals surface area contributed by atoms with E-state index in [0.717, 1.165) is 30.4 Å². The van der Waals surface area contributed by atoms with E-state index in [-0.39, 0.29) is 0 Å². The highest BCUT2D eigenvalue weighted by molar-refractivity contribution is 5.36. The van der Waals surface area contributed by atoms with Crippen LogP contribution in [0.15, 0.2) is 12.4 Å². The number of nitrogens with zero attached hydrogens (tertiary/aromatic N) is 3. The lowest BCUT2D eigenvalue weighted by atomic mass is 9.94. The van der Waals surface area contributed by atoms with Gasteiger partial charge in [0, 0.05) is 25.9 Å². The average molecular weight is 220 g/mol. The molecule has 0 amide bonds. The van der Waals surface area contributed by atoms with Crippen LogP contribution in [0.3, 0.4) is 0 Å². The number of aromatic nitrogens is 2. The van der Waals surface area contributed by atoms with Gasteiger partial charge in [-0.1, -0.05) is 0 Å². The molecule has 1 saturated heterocycles. The lowest BCUT2D eigenvalue weighted by Crippen LogP contribution is -2.31. The summed E-state index contributed by atoms with van der Waals surface area (Å²) in [4.78, 5) is 10.6. The molecule has 2 rings (SSSR count). The summed E-state index contributed by atoms with van der Waals surface area (Å²) in [5.41, 5.74) is 1.16. The van der Waals surface area contributed by atoms with E-state index in [1.165, 1.54) is 19.4 Å². The Morgan fingerprint density at radius 1 is 1.44 bits per heavy atom. The normalized spacial score (nSPS) is 20.8. The SMILES string of the molecule is CN(C)c1cc(CC2CCCNC2)ncn1. The fourth-order valence-electron chi connectivity index (χ4n) is 2.14. The Labute approximate surface area is 97.1 Å². The van der Waals surface area contributed by atoms with Crippen LogP contribution in [0.1, 0.15) is 18.5 Å². The van der Waals surface area contributed by atoms with E-state index in [1.807, 2.05) is 19.0 Å². The molecule has 0 bridgehead atoms. The third kappa shape index (κ3) is 2.92. The maximum absolute atomic E-state index is 4.35. The van der Waals surface area contributed by atoms with E-state index in [4.69, 9.17) is 0 Å². The Kier molecular flexibility index (Phi) is 3.72. The minimum absolute atomic E-state index is 0.735. The molecular formula is C12H20N4. The number of hydrogen-bond acceptors (Lipinski definition) is 4. The van der Waals surface area contributed by atoms with Gasteiger partial charge in [0.15, 0.2) is 0 Å². The Balaban J connectivity index is 2.00. The Hall–Kier alpha value is -1.16. The summed E-state index contributed by atoms with van der Waals surface area (Å²) in [6, 6.07) is 2.09. The Morgan fingerprint density at radius 2 is 2.31 bits per heavy atom.